The van der Waals surface area contributed by atoms with E-state index in [0.29, 0.717) is 6.54 Å². The molecule has 2 aliphatic heterocycles. The first-order valence-electron chi connectivity index (χ1n) is 8.42. The van der Waals surface area contributed by atoms with Crippen LogP contribution in [0.4, 0.5) is 0 Å². The highest BCUT2D eigenvalue weighted by Gasteiger charge is 2.32. The third-order valence-corrected chi connectivity index (χ3v) is 5.36. The number of aromatic nitrogens is 1. The number of aryl methyl sites for hydroxylation is 1. The molecule has 0 bridgehead atoms. The smallest absolute Gasteiger partial charge is 0.194 e. The molecule has 6 nitrogen and oxygen atoms in total. The van der Waals surface area contributed by atoms with Crippen LogP contribution in [0.2, 0.25) is 0 Å². The summed E-state index contributed by atoms with van der Waals surface area (Å²) in [6.45, 7) is 6.13. The van der Waals surface area contributed by atoms with Crippen LogP contribution in [0.25, 0.3) is 0 Å². The van der Waals surface area contributed by atoms with Crippen molar-refractivity contribution >= 4 is 41.3 Å². The highest BCUT2D eigenvalue weighted by Crippen LogP contribution is 2.21. The number of nitrogens with zero attached hydrogens (tertiary/aromatic N) is 3. The summed E-state index contributed by atoms with van der Waals surface area (Å²) in [4.78, 5) is 11.3. The van der Waals surface area contributed by atoms with Gasteiger partial charge in [0, 0.05) is 32.1 Å². The standard InChI is InChI=1S/C16H26N4O2S.HI/c1-3-15-19-12(11-23-15)9-18-16(17-2)20-6-8-22-14(10-20)13-5-4-7-21-13;/h11,13-14H,3-10H2,1-2H3,(H,17,18);1H. The number of nitrogens with one attached hydrogen (secondary N) is 1. The van der Waals surface area contributed by atoms with Crippen LogP contribution in [-0.4, -0.2) is 61.4 Å². The van der Waals surface area contributed by atoms with Gasteiger partial charge in [-0.2, -0.15) is 0 Å². The molecule has 2 saturated heterocycles. The van der Waals surface area contributed by atoms with E-state index in [0.717, 1.165) is 57.2 Å². The number of guanidine groups is 1. The zero-order valence-corrected chi connectivity index (χ0v) is 17.5. The molecule has 2 atom stereocenters. The van der Waals surface area contributed by atoms with Crippen LogP contribution in [-0.2, 0) is 22.4 Å². The number of aliphatic imine (C=N–C) groups is 1. The molecule has 0 spiro atoms. The summed E-state index contributed by atoms with van der Waals surface area (Å²) in [5.41, 5.74) is 1.08. The van der Waals surface area contributed by atoms with Gasteiger partial charge in [0.2, 0.25) is 0 Å². The van der Waals surface area contributed by atoms with E-state index in [4.69, 9.17) is 9.47 Å². The lowest BCUT2D eigenvalue weighted by Crippen LogP contribution is -2.53. The van der Waals surface area contributed by atoms with Crippen LogP contribution >= 0.6 is 35.3 Å². The van der Waals surface area contributed by atoms with Crippen molar-refractivity contribution < 1.29 is 9.47 Å². The number of halogens is 1. The van der Waals surface area contributed by atoms with Gasteiger partial charge in [0.05, 0.1) is 30.0 Å². The highest BCUT2D eigenvalue weighted by atomic mass is 127. The predicted molar refractivity (Wildman–Crippen MR) is 107 cm³/mol. The zero-order valence-electron chi connectivity index (χ0n) is 14.4. The first-order chi connectivity index (χ1) is 11.3. The Balaban J connectivity index is 0.00000208. The number of hydrogen-bond acceptors (Lipinski definition) is 5. The van der Waals surface area contributed by atoms with E-state index in [1.54, 1.807) is 11.3 Å². The Labute approximate surface area is 165 Å². The fourth-order valence-electron chi connectivity index (χ4n) is 3.08. The molecule has 1 N–H and O–H groups in total. The van der Waals surface area contributed by atoms with Gasteiger partial charge in [0.1, 0.15) is 6.10 Å². The van der Waals surface area contributed by atoms with Crippen molar-refractivity contribution in [1.82, 2.24) is 15.2 Å². The summed E-state index contributed by atoms with van der Waals surface area (Å²) in [5, 5.41) is 6.73. The van der Waals surface area contributed by atoms with Gasteiger partial charge in [0.25, 0.3) is 0 Å². The predicted octanol–water partition coefficient (Wildman–Crippen LogP) is 2.28. The van der Waals surface area contributed by atoms with E-state index in [2.05, 4.69) is 32.5 Å². The molecule has 8 heteroatoms. The molecule has 3 rings (SSSR count). The number of ether oxygens (including phenoxy) is 2. The lowest BCUT2D eigenvalue weighted by molar-refractivity contribution is -0.0817. The van der Waals surface area contributed by atoms with Crippen molar-refractivity contribution in [3.8, 4) is 0 Å². The first kappa shape index (κ1) is 19.9. The lowest BCUT2D eigenvalue weighted by Gasteiger charge is -2.37. The maximum absolute atomic E-state index is 5.91. The molecule has 136 valence electrons. The number of morpholine rings is 1. The van der Waals surface area contributed by atoms with Crippen molar-refractivity contribution in [2.45, 2.75) is 44.9 Å². The fraction of sp³-hybridized carbons (Fsp3) is 0.750. The van der Waals surface area contributed by atoms with Gasteiger partial charge in [-0.3, -0.25) is 4.99 Å². The molecular weight excluding hydrogens is 439 g/mol. The quantitative estimate of drug-likeness (QED) is 0.419. The third-order valence-electron chi connectivity index (χ3n) is 4.31. The summed E-state index contributed by atoms with van der Waals surface area (Å²) in [7, 11) is 1.83. The number of rotatable bonds is 4. The summed E-state index contributed by atoms with van der Waals surface area (Å²) in [6, 6.07) is 0. The number of thiazole rings is 1. The lowest BCUT2D eigenvalue weighted by atomic mass is 10.1. The number of hydrogen-bond donors (Lipinski definition) is 1. The Morgan fingerprint density at radius 1 is 1.42 bits per heavy atom. The van der Waals surface area contributed by atoms with E-state index < -0.39 is 0 Å². The molecular formula is C16H27IN4O2S. The second kappa shape index (κ2) is 9.88. The Hall–Kier alpha value is -0.450. The SMILES string of the molecule is CCc1nc(CNC(=NC)N2CCOC(C3CCCO3)C2)cs1.I. The van der Waals surface area contributed by atoms with Gasteiger partial charge in [-0.05, 0) is 19.3 Å². The Bertz CT molecular complexity index is 534. The van der Waals surface area contributed by atoms with E-state index in [-0.39, 0.29) is 36.2 Å². The molecule has 2 fully saturated rings. The average molecular weight is 466 g/mol. The van der Waals surface area contributed by atoms with Gasteiger partial charge in [0.15, 0.2) is 5.96 Å². The van der Waals surface area contributed by atoms with Crippen molar-refractivity contribution in [3.63, 3.8) is 0 Å². The minimum Gasteiger partial charge on any atom is -0.375 e. The third kappa shape index (κ3) is 5.03. The summed E-state index contributed by atoms with van der Waals surface area (Å²) < 4.78 is 11.7. The summed E-state index contributed by atoms with van der Waals surface area (Å²) in [5.74, 6) is 0.919. The van der Waals surface area contributed by atoms with Crippen molar-refractivity contribution in [1.29, 1.82) is 0 Å². The van der Waals surface area contributed by atoms with Crippen molar-refractivity contribution in [3.05, 3.63) is 16.1 Å². The molecule has 2 unspecified atom stereocenters. The van der Waals surface area contributed by atoms with Gasteiger partial charge in [-0.15, -0.1) is 35.3 Å². The maximum atomic E-state index is 5.91. The average Bonchev–Trinajstić information content (AvgIpc) is 3.27. The minimum atomic E-state index is 0. The van der Waals surface area contributed by atoms with Crippen LogP contribution in [0.3, 0.4) is 0 Å². The molecule has 0 saturated carbocycles. The first-order valence-corrected chi connectivity index (χ1v) is 9.30. The fourth-order valence-corrected chi connectivity index (χ4v) is 3.83. The molecule has 0 aliphatic carbocycles. The highest BCUT2D eigenvalue weighted by molar-refractivity contribution is 14.0. The molecule has 2 aliphatic rings. The van der Waals surface area contributed by atoms with Gasteiger partial charge in [-0.1, -0.05) is 6.92 Å². The molecule has 1 aromatic heterocycles. The topological polar surface area (TPSA) is 59.0 Å². The largest absolute Gasteiger partial charge is 0.375 e. The summed E-state index contributed by atoms with van der Waals surface area (Å²) >= 11 is 1.72. The molecule has 24 heavy (non-hydrogen) atoms. The summed E-state index contributed by atoms with van der Waals surface area (Å²) in [6.07, 6.45) is 3.62. The Kier molecular flexibility index (Phi) is 8.18. The molecule has 0 amide bonds. The van der Waals surface area contributed by atoms with Crippen LogP contribution in [0.5, 0.6) is 0 Å². The van der Waals surface area contributed by atoms with E-state index >= 15 is 0 Å². The van der Waals surface area contributed by atoms with Crippen LogP contribution < -0.4 is 5.32 Å². The Morgan fingerprint density at radius 2 is 2.25 bits per heavy atom. The molecule has 0 radical (unpaired) electrons. The van der Waals surface area contributed by atoms with Gasteiger partial charge in [-0.25, -0.2) is 4.98 Å². The van der Waals surface area contributed by atoms with Crippen molar-refractivity contribution in [2.24, 2.45) is 4.99 Å². The van der Waals surface area contributed by atoms with Gasteiger partial charge >= 0.3 is 0 Å². The minimum absolute atomic E-state index is 0. The van der Waals surface area contributed by atoms with Crippen LogP contribution in [0.1, 0.15) is 30.5 Å². The normalized spacial score (nSPS) is 24.8. The maximum Gasteiger partial charge on any atom is 0.194 e. The molecule has 1 aromatic rings. The van der Waals surface area contributed by atoms with Gasteiger partial charge < -0.3 is 19.7 Å². The zero-order chi connectivity index (χ0) is 16.1. The Morgan fingerprint density at radius 3 is 2.92 bits per heavy atom. The van der Waals surface area contributed by atoms with E-state index in [9.17, 15) is 0 Å². The van der Waals surface area contributed by atoms with Crippen LogP contribution in [0.15, 0.2) is 10.4 Å². The second-order valence-corrected chi connectivity index (χ2v) is 6.84. The van der Waals surface area contributed by atoms with Crippen molar-refractivity contribution in [2.75, 3.05) is 33.4 Å². The molecule has 0 aromatic carbocycles. The second-order valence-electron chi connectivity index (χ2n) is 5.89. The van der Waals surface area contributed by atoms with Crippen LogP contribution in [0, 0.1) is 0 Å². The van der Waals surface area contributed by atoms with E-state index in [1.807, 2.05) is 7.05 Å². The van der Waals surface area contributed by atoms with E-state index in [1.165, 1.54) is 5.01 Å². The monoisotopic (exact) mass is 466 g/mol. The molecule has 3 heterocycles.